The van der Waals surface area contributed by atoms with Crippen LogP contribution in [0.2, 0.25) is 0 Å². The Morgan fingerprint density at radius 2 is 1.63 bits per heavy atom. The highest BCUT2D eigenvalue weighted by atomic mass is 16.2. The van der Waals surface area contributed by atoms with Crippen LogP contribution in [-0.4, -0.2) is 53.6 Å². The van der Waals surface area contributed by atoms with E-state index in [0.717, 1.165) is 80.1 Å². The lowest BCUT2D eigenvalue weighted by atomic mass is 9.96. The molecule has 0 radical (unpaired) electrons. The monoisotopic (exact) mass is 619 g/mol. The van der Waals surface area contributed by atoms with E-state index in [9.17, 15) is 14.4 Å². The summed E-state index contributed by atoms with van der Waals surface area (Å²) in [7, 11) is 1.72. The van der Waals surface area contributed by atoms with Crippen molar-refractivity contribution in [3.63, 3.8) is 0 Å². The van der Waals surface area contributed by atoms with Gasteiger partial charge >= 0.3 is 0 Å². The zero-order valence-electron chi connectivity index (χ0n) is 26.4. The Hall–Kier alpha value is -4.96. The molecule has 238 valence electrons. The number of aromatic nitrogens is 2. The normalized spacial score (nSPS) is 15.8. The van der Waals surface area contributed by atoms with Gasteiger partial charge in [-0.15, -0.1) is 0 Å². The summed E-state index contributed by atoms with van der Waals surface area (Å²) in [6.45, 7) is 5.27. The Morgan fingerprint density at radius 3 is 2.30 bits per heavy atom. The third kappa shape index (κ3) is 6.53. The number of carbonyl (C=O) groups excluding carboxylic acids is 2. The van der Waals surface area contributed by atoms with Gasteiger partial charge in [-0.3, -0.25) is 14.4 Å². The topological polar surface area (TPSA) is 126 Å². The summed E-state index contributed by atoms with van der Waals surface area (Å²) in [6, 6.07) is 23.3. The van der Waals surface area contributed by atoms with Gasteiger partial charge in [-0.25, -0.2) is 4.98 Å². The van der Waals surface area contributed by atoms with E-state index in [1.54, 1.807) is 13.2 Å². The predicted molar refractivity (Wildman–Crippen MR) is 183 cm³/mol. The number of primary amides is 1. The van der Waals surface area contributed by atoms with Crippen molar-refractivity contribution in [2.24, 2.45) is 18.7 Å². The molecule has 0 aliphatic carbocycles. The first kappa shape index (κ1) is 31.0. The summed E-state index contributed by atoms with van der Waals surface area (Å²) in [5, 5.41) is 6.64. The summed E-state index contributed by atoms with van der Waals surface area (Å²) < 4.78 is 1.54. The number of carbonyl (C=O) groups is 2. The Balaban J connectivity index is 1.28. The van der Waals surface area contributed by atoms with E-state index in [-0.39, 0.29) is 35.2 Å². The van der Waals surface area contributed by atoms with Crippen LogP contribution in [0.25, 0.3) is 11.3 Å². The fourth-order valence-corrected chi connectivity index (χ4v) is 6.55. The molecule has 3 aromatic carbocycles. The van der Waals surface area contributed by atoms with Crippen molar-refractivity contribution in [2.75, 3.05) is 41.3 Å². The molecule has 0 saturated carbocycles. The van der Waals surface area contributed by atoms with Crippen LogP contribution >= 0.6 is 0 Å². The van der Waals surface area contributed by atoms with Crippen LogP contribution in [0.4, 0.5) is 22.9 Å². The van der Waals surface area contributed by atoms with Crippen molar-refractivity contribution in [2.45, 2.75) is 38.6 Å². The standard InChI is InChI=1S/C36H41N7O3/c1-24-30(9-6-10-32(24)43(29-15-19-38-20-16-29)35(45)26-7-4-3-5-8-26)31-23-41(2)36(46)34(40-31)39-27-11-13-28(14-12-27)42-21-17-25(18-22-42)33(37)44/h3-14,23,25,29,38H,15-22H2,1-2H3,(H2,37,44)(H,39,40). The van der Waals surface area contributed by atoms with Crippen LogP contribution in [0.15, 0.2) is 83.8 Å². The van der Waals surface area contributed by atoms with Gasteiger partial charge in [0.05, 0.1) is 5.69 Å². The molecule has 2 fully saturated rings. The van der Waals surface area contributed by atoms with Crippen molar-refractivity contribution < 1.29 is 9.59 Å². The molecule has 0 bridgehead atoms. The molecule has 4 N–H and O–H groups in total. The average molecular weight is 620 g/mol. The molecule has 0 unspecified atom stereocenters. The van der Waals surface area contributed by atoms with Crippen LogP contribution in [0.3, 0.4) is 0 Å². The van der Waals surface area contributed by atoms with Crippen LogP contribution < -0.4 is 31.7 Å². The van der Waals surface area contributed by atoms with Crippen molar-refractivity contribution >= 4 is 34.7 Å². The van der Waals surface area contributed by atoms with Gasteiger partial charge in [-0.05, 0) is 93.7 Å². The quantitative estimate of drug-likeness (QED) is 0.263. The zero-order valence-corrected chi connectivity index (χ0v) is 26.4. The number of piperidine rings is 2. The number of anilines is 4. The summed E-state index contributed by atoms with van der Waals surface area (Å²) in [5.74, 6) is -0.0927. The molecule has 2 amide bonds. The van der Waals surface area contributed by atoms with E-state index < -0.39 is 0 Å². The lowest BCUT2D eigenvalue weighted by Crippen LogP contribution is -2.46. The van der Waals surface area contributed by atoms with Gasteiger partial charge < -0.3 is 30.7 Å². The van der Waals surface area contributed by atoms with E-state index in [1.165, 1.54) is 4.57 Å². The molecule has 46 heavy (non-hydrogen) atoms. The fraction of sp³-hybridized carbons (Fsp3) is 0.333. The summed E-state index contributed by atoms with van der Waals surface area (Å²) >= 11 is 0. The van der Waals surface area contributed by atoms with Crippen LogP contribution in [-0.2, 0) is 11.8 Å². The number of nitrogens with one attached hydrogen (secondary N) is 2. The van der Waals surface area contributed by atoms with Crippen LogP contribution in [0.1, 0.15) is 41.6 Å². The first-order chi connectivity index (χ1) is 22.3. The van der Waals surface area contributed by atoms with Crippen molar-refractivity contribution in [1.29, 1.82) is 0 Å². The number of nitrogens with zero attached hydrogens (tertiary/aromatic N) is 4. The van der Waals surface area contributed by atoms with Crippen molar-refractivity contribution in [1.82, 2.24) is 14.9 Å². The lowest BCUT2D eigenvalue weighted by Gasteiger charge is -2.36. The SMILES string of the molecule is Cc1c(-c2cn(C)c(=O)c(Nc3ccc(N4CCC(C(N)=O)CC4)cc3)n2)cccc1N(C(=O)c1ccccc1)C1CCNCC1. The third-order valence-corrected chi connectivity index (χ3v) is 9.22. The van der Waals surface area contributed by atoms with E-state index in [0.29, 0.717) is 11.3 Å². The Morgan fingerprint density at radius 1 is 0.935 bits per heavy atom. The molecule has 10 nitrogen and oxygen atoms in total. The minimum atomic E-state index is -0.245. The number of nitrogens with two attached hydrogens (primary N) is 1. The molecule has 2 aliphatic rings. The Labute approximate surface area is 269 Å². The average Bonchev–Trinajstić information content (AvgIpc) is 3.09. The van der Waals surface area contributed by atoms with Gasteiger partial charge in [0.25, 0.3) is 11.5 Å². The highest BCUT2D eigenvalue weighted by Crippen LogP contribution is 2.34. The van der Waals surface area contributed by atoms with Gasteiger partial charge in [0, 0.05) is 66.5 Å². The van der Waals surface area contributed by atoms with Gasteiger partial charge in [0.15, 0.2) is 5.82 Å². The van der Waals surface area contributed by atoms with Crippen LogP contribution in [0.5, 0.6) is 0 Å². The van der Waals surface area contributed by atoms with E-state index in [1.807, 2.05) is 84.6 Å². The number of rotatable bonds is 8. The molecule has 2 aliphatic heterocycles. The lowest BCUT2D eigenvalue weighted by molar-refractivity contribution is -0.122. The van der Waals surface area contributed by atoms with Crippen molar-refractivity contribution in [3.05, 3.63) is 100 Å². The number of amides is 2. The molecule has 6 rings (SSSR count). The number of hydrogen-bond acceptors (Lipinski definition) is 7. The maximum Gasteiger partial charge on any atom is 0.293 e. The molecule has 0 atom stereocenters. The summed E-state index contributed by atoms with van der Waals surface area (Å²) in [6.07, 6.45) is 4.96. The molecular formula is C36H41N7O3. The summed E-state index contributed by atoms with van der Waals surface area (Å²) in [4.78, 5) is 47.7. The first-order valence-corrected chi connectivity index (χ1v) is 16.0. The maximum atomic E-state index is 14.0. The zero-order chi connectivity index (χ0) is 32.2. The highest BCUT2D eigenvalue weighted by Gasteiger charge is 2.30. The van der Waals surface area contributed by atoms with E-state index in [4.69, 9.17) is 10.7 Å². The van der Waals surface area contributed by atoms with Gasteiger partial charge in [0.2, 0.25) is 5.91 Å². The van der Waals surface area contributed by atoms with Gasteiger partial charge in [-0.1, -0.05) is 30.3 Å². The number of aryl methyl sites for hydroxylation is 1. The van der Waals surface area contributed by atoms with E-state index in [2.05, 4.69) is 15.5 Å². The largest absolute Gasteiger partial charge is 0.371 e. The molecule has 3 heterocycles. The van der Waals surface area contributed by atoms with Gasteiger partial charge in [-0.2, -0.15) is 0 Å². The Bertz CT molecular complexity index is 1760. The smallest absolute Gasteiger partial charge is 0.293 e. The third-order valence-electron chi connectivity index (χ3n) is 9.22. The van der Waals surface area contributed by atoms with Crippen molar-refractivity contribution in [3.8, 4) is 11.3 Å². The molecule has 10 heteroatoms. The number of hydrogen-bond donors (Lipinski definition) is 3. The number of benzene rings is 3. The molecular weight excluding hydrogens is 578 g/mol. The molecule has 4 aromatic rings. The Kier molecular flexibility index (Phi) is 9.16. The first-order valence-electron chi connectivity index (χ1n) is 16.0. The van der Waals surface area contributed by atoms with Crippen LogP contribution in [0, 0.1) is 12.8 Å². The molecule has 1 aromatic heterocycles. The fourth-order valence-electron chi connectivity index (χ4n) is 6.55. The minimum absolute atomic E-state index is 0.0239. The highest BCUT2D eigenvalue weighted by molar-refractivity contribution is 6.07. The second-order valence-corrected chi connectivity index (χ2v) is 12.2. The second-order valence-electron chi connectivity index (χ2n) is 12.2. The van der Waals surface area contributed by atoms with Gasteiger partial charge in [0.1, 0.15) is 0 Å². The minimum Gasteiger partial charge on any atom is -0.371 e. The predicted octanol–water partition coefficient (Wildman–Crippen LogP) is 4.60. The molecule has 0 spiro atoms. The molecule has 2 saturated heterocycles. The second kappa shape index (κ2) is 13.6. The summed E-state index contributed by atoms with van der Waals surface area (Å²) in [5.41, 5.74) is 11.0. The van der Waals surface area contributed by atoms with E-state index >= 15 is 0 Å². The maximum absolute atomic E-state index is 14.0.